The van der Waals surface area contributed by atoms with E-state index in [4.69, 9.17) is 4.74 Å². The van der Waals surface area contributed by atoms with Gasteiger partial charge in [0.1, 0.15) is 5.75 Å². The molecule has 148 valence electrons. The first-order chi connectivity index (χ1) is 13.3. The van der Waals surface area contributed by atoms with Crippen molar-refractivity contribution in [1.29, 1.82) is 0 Å². The number of hydrazone groups is 1. The third kappa shape index (κ3) is 6.23. The first-order valence-electron chi connectivity index (χ1n) is 9.11. The van der Waals surface area contributed by atoms with Crippen molar-refractivity contribution in [2.24, 2.45) is 5.10 Å². The van der Waals surface area contributed by atoms with Gasteiger partial charge in [-0.05, 0) is 56.5 Å². The Labute approximate surface area is 166 Å². The number of nitrogens with one attached hydrogen (secondary N) is 2. The van der Waals surface area contributed by atoms with Crippen molar-refractivity contribution in [3.63, 3.8) is 0 Å². The lowest BCUT2D eigenvalue weighted by Crippen LogP contribution is -2.23. The van der Waals surface area contributed by atoms with Gasteiger partial charge in [-0.15, -0.1) is 0 Å². The highest BCUT2D eigenvalue weighted by Crippen LogP contribution is 2.22. The molecule has 0 aliphatic carbocycles. The van der Waals surface area contributed by atoms with Crippen LogP contribution in [-0.2, 0) is 16.0 Å². The Morgan fingerprint density at radius 2 is 1.61 bits per heavy atom. The molecule has 0 aliphatic heterocycles. The minimum atomic E-state index is -0.241. The second kappa shape index (κ2) is 9.69. The van der Waals surface area contributed by atoms with Crippen molar-refractivity contribution in [2.75, 3.05) is 12.4 Å². The minimum absolute atomic E-state index is 0.107. The zero-order chi connectivity index (χ0) is 20.7. The molecule has 6 nitrogen and oxygen atoms in total. The van der Waals surface area contributed by atoms with Crippen molar-refractivity contribution in [2.45, 2.75) is 40.5 Å². The van der Waals surface area contributed by atoms with Gasteiger partial charge in [0.05, 0.1) is 20.0 Å². The summed E-state index contributed by atoms with van der Waals surface area (Å²) in [6.45, 7) is 7.67. The molecule has 0 heterocycles. The van der Waals surface area contributed by atoms with E-state index in [1.165, 1.54) is 0 Å². The summed E-state index contributed by atoms with van der Waals surface area (Å²) in [5.41, 5.74) is 7.91. The fraction of sp³-hybridized carbons (Fsp3) is 0.318. The Kier molecular flexibility index (Phi) is 7.32. The summed E-state index contributed by atoms with van der Waals surface area (Å²) in [6.07, 6.45) is 0.310. The van der Waals surface area contributed by atoms with Gasteiger partial charge in [0.15, 0.2) is 0 Å². The maximum Gasteiger partial charge on any atom is 0.244 e. The van der Waals surface area contributed by atoms with Crippen molar-refractivity contribution in [1.82, 2.24) is 5.43 Å². The van der Waals surface area contributed by atoms with Crippen LogP contribution in [-0.4, -0.2) is 24.6 Å². The van der Waals surface area contributed by atoms with E-state index in [-0.39, 0.29) is 24.7 Å². The predicted octanol–water partition coefficient (Wildman–Crippen LogP) is 3.68. The van der Waals surface area contributed by atoms with E-state index >= 15 is 0 Å². The standard InChI is InChI=1S/C22H27N3O3/c1-14-10-15(2)22(16(3)11-14)23-20(26)12-17(4)24-25-21(27)13-18-6-8-19(28-5)9-7-18/h6-11H,12-13H2,1-5H3,(H,23,26)(H,25,27). The van der Waals surface area contributed by atoms with E-state index in [0.29, 0.717) is 5.71 Å². The number of benzene rings is 2. The van der Waals surface area contributed by atoms with Crippen LogP contribution in [0.5, 0.6) is 5.75 Å². The zero-order valence-corrected chi connectivity index (χ0v) is 17.1. The molecule has 0 fully saturated rings. The molecule has 0 bridgehead atoms. The van der Waals surface area contributed by atoms with Gasteiger partial charge in [0.25, 0.3) is 0 Å². The molecule has 0 aromatic heterocycles. The largest absolute Gasteiger partial charge is 0.497 e. The van der Waals surface area contributed by atoms with Gasteiger partial charge in [-0.2, -0.15) is 5.10 Å². The molecular formula is C22H27N3O3. The molecule has 0 spiro atoms. The molecule has 0 aliphatic rings. The average Bonchev–Trinajstić information content (AvgIpc) is 2.63. The number of amides is 2. The summed E-state index contributed by atoms with van der Waals surface area (Å²) < 4.78 is 5.09. The van der Waals surface area contributed by atoms with Gasteiger partial charge >= 0.3 is 0 Å². The summed E-state index contributed by atoms with van der Waals surface area (Å²) in [6, 6.07) is 11.3. The van der Waals surface area contributed by atoms with Gasteiger partial charge in [-0.25, -0.2) is 5.43 Å². The van der Waals surface area contributed by atoms with Crippen LogP contribution in [0.3, 0.4) is 0 Å². The Hall–Kier alpha value is -3.15. The highest BCUT2D eigenvalue weighted by molar-refractivity contribution is 6.06. The first-order valence-corrected chi connectivity index (χ1v) is 9.11. The number of aryl methyl sites for hydroxylation is 3. The van der Waals surface area contributed by atoms with Crippen LogP contribution >= 0.6 is 0 Å². The number of methoxy groups -OCH3 is 1. The monoisotopic (exact) mass is 381 g/mol. The first kappa shape index (κ1) is 21.2. The average molecular weight is 381 g/mol. The van der Waals surface area contributed by atoms with E-state index in [9.17, 15) is 9.59 Å². The lowest BCUT2D eigenvalue weighted by molar-refractivity contribution is -0.120. The lowest BCUT2D eigenvalue weighted by Gasteiger charge is -2.12. The van der Waals surface area contributed by atoms with E-state index in [2.05, 4.69) is 15.8 Å². The van der Waals surface area contributed by atoms with E-state index < -0.39 is 0 Å². The number of rotatable bonds is 7. The second-order valence-electron chi connectivity index (χ2n) is 6.91. The van der Waals surface area contributed by atoms with Gasteiger partial charge in [0.2, 0.25) is 11.8 Å². The summed E-state index contributed by atoms with van der Waals surface area (Å²) in [5.74, 6) is 0.332. The Morgan fingerprint density at radius 3 is 2.18 bits per heavy atom. The quantitative estimate of drug-likeness (QED) is 0.567. The molecule has 2 N–H and O–H groups in total. The number of hydrogen-bond donors (Lipinski definition) is 2. The number of ether oxygens (including phenoxy) is 1. The molecule has 2 aromatic carbocycles. The Balaban J connectivity index is 1.87. The van der Waals surface area contributed by atoms with Crippen LogP contribution in [0, 0.1) is 20.8 Å². The van der Waals surface area contributed by atoms with Crippen LogP contribution in [0.4, 0.5) is 5.69 Å². The third-order valence-corrected chi connectivity index (χ3v) is 4.25. The van der Waals surface area contributed by atoms with Crippen LogP contribution in [0.15, 0.2) is 41.5 Å². The number of nitrogens with zero attached hydrogens (tertiary/aromatic N) is 1. The van der Waals surface area contributed by atoms with Gasteiger partial charge in [0, 0.05) is 11.4 Å². The fourth-order valence-electron chi connectivity index (χ4n) is 2.96. The zero-order valence-electron chi connectivity index (χ0n) is 17.1. The summed E-state index contributed by atoms with van der Waals surface area (Å²) in [4.78, 5) is 24.3. The Bertz CT molecular complexity index is 863. The maximum absolute atomic E-state index is 12.3. The molecule has 0 radical (unpaired) electrons. The van der Waals surface area contributed by atoms with Crippen LogP contribution in [0.1, 0.15) is 35.6 Å². The van der Waals surface area contributed by atoms with Crippen molar-refractivity contribution >= 4 is 23.2 Å². The lowest BCUT2D eigenvalue weighted by atomic mass is 10.0. The molecule has 0 unspecified atom stereocenters. The summed E-state index contributed by atoms with van der Waals surface area (Å²) >= 11 is 0. The normalized spacial score (nSPS) is 11.1. The van der Waals surface area contributed by atoms with Gasteiger partial charge in [-0.3, -0.25) is 9.59 Å². The van der Waals surface area contributed by atoms with Crippen LogP contribution < -0.4 is 15.5 Å². The topological polar surface area (TPSA) is 79.8 Å². The minimum Gasteiger partial charge on any atom is -0.497 e. The number of carbonyl (C=O) groups is 2. The highest BCUT2D eigenvalue weighted by Gasteiger charge is 2.10. The molecule has 6 heteroatoms. The molecule has 0 atom stereocenters. The number of hydrogen-bond acceptors (Lipinski definition) is 4. The molecule has 0 saturated carbocycles. The molecule has 2 aromatic rings. The van der Waals surface area contributed by atoms with Gasteiger partial charge in [-0.1, -0.05) is 29.8 Å². The molecular weight excluding hydrogens is 354 g/mol. The molecule has 0 saturated heterocycles. The second-order valence-corrected chi connectivity index (χ2v) is 6.91. The summed E-state index contributed by atoms with van der Waals surface area (Å²) in [5, 5.41) is 6.96. The van der Waals surface area contributed by atoms with E-state index in [1.54, 1.807) is 26.2 Å². The SMILES string of the molecule is COc1ccc(CC(=O)NN=C(C)CC(=O)Nc2c(C)cc(C)cc2C)cc1. The van der Waals surface area contributed by atoms with Crippen molar-refractivity contribution in [3.05, 3.63) is 58.7 Å². The van der Waals surface area contributed by atoms with Crippen LogP contribution in [0.2, 0.25) is 0 Å². The molecule has 2 rings (SSSR count). The summed E-state index contributed by atoms with van der Waals surface area (Å²) in [7, 11) is 1.59. The van der Waals surface area contributed by atoms with Crippen LogP contribution in [0.25, 0.3) is 0 Å². The van der Waals surface area contributed by atoms with Crippen molar-refractivity contribution < 1.29 is 14.3 Å². The predicted molar refractivity (Wildman–Crippen MR) is 112 cm³/mol. The maximum atomic E-state index is 12.3. The van der Waals surface area contributed by atoms with E-state index in [0.717, 1.165) is 33.7 Å². The Morgan fingerprint density at radius 1 is 1.00 bits per heavy atom. The smallest absolute Gasteiger partial charge is 0.244 e. The molecule has 28 heavy (non-hydrogen) atoms. The molecule has 2 amide bonds. The van der Waals surface area contributed by atoms with E-state index in [1.807, 2.05) is 45.0 Å². The number of anilines is 1. The fourth-order valence-corrected chi connectivity index (χ4v) is 2.96. The van der Waals surface area contributed by atoms with Gasteiger partial charge < -0.3 is 10.1 Å². The number of carbonyl (C=O) groups excluding carboxylic acids is 2. The highest BCUT2D eigenvalue weighted by atomic mass is 16.5. The third-order valence-electron chi connectivity index (χ3n) is 4.25. The van der Waals surface area contributed by atoms with Crippen molar-refractivity contribution in [3.8, 4) is 5.75 Å².